The molecule has 1 saturated heterocycles. The van der Waals surface area contributed by atoms with Crippen LogP contribution in [-0.4, -0.2) is 40.1 Å². The average molecular weight is 375 g/mol. The summed E-state index contributed by atoms with van der Waals surface area (Å²) in [4.78, 5) is 39.1. The summed E-state index contributed by atoms with van der Waals surface area (Å²) in [6, 6.07) is 8.52. The van der Waals surface area contributed by atoms with Crippen molar-refractivity contribution in [2.24, 2.45) is 0 Å². The molecule has 1 heterocycles. The van der Waals surface area contributed by atoms with Crippen molar-refractivity contribution in [2.75, 3.05) is 0 Å². The Morgan fingerprint density at radius 2 is 1.52 bits per heavy atom. The molecule has 0 spiro atoms. The van der Waals surface area contributed by atoms with E-state index >= 15 is 0 Å². The first-order chi connectivity index (χ1) is 12.4. The predicted octanol–water partition coefficient (Wildman–Crippen LogP) is 4.04. The molecule has 6 nitrogen and oxygen atoms in total. The van der Waals surface area contributed by atoms with Gasteiger partial charge in [-0.25, -0.2) is 14.5 Å². The van der Waals surface area contributed by atoms with Crippen molar-refractivity contribution in [3.63, 3.8) is 0 Å². The highest BCUT2D eigenvalue weighted by molar-refractivity contribution is 5.98. The number of esters is 1. The van der Waals surface area contributed by atoms with Gasteiger partial charge in [0.1, 0.15) is 17.2 Å². The number of carbonyl (C=O) groups is 3. The van der Waals surface area contributed by atoms with Crippen molar-refractivity contribution in [3.8, 4) is 0 Å². The van der Waals surface area contributed by atoms with Crippen LogP contribution in [-0.2, 0) is 19.1 Å². The largest absolute Gasteiger partial charge is 0.458 e. The molecule has 2 amide bonds. The monoisotopic (exact) mass is 375 g/mol. The van der Waals surface area contributed by atoms with Crippen LogP contribution in [0.1, 0.15) is 65.9 Å². The fourth-order valence-corrected chi connectivity index (χ4v) is 3.03. The van der Waals surface area contributed by atoms with Gasteiger partial charge in [0.25, 0.3) is 0 Å². The zero-order chi connectivity index (χ0) is 20.4. The van der Waals surface area contributed by atoms with Crippen LogP contribution < -0.4 is 0 Å². The van der Waals surface area contributed by atoms with Crippen LogP contribution in [0.15, 0.2) is 30.3 Å². The number of likely N-dealkylation sites (tertiary alicyclic amines) is 1. The van der Waals surface area contributed by atoms with Gasteiger partial charge < -0.3 is 9.47 Å². The van der Waals surface area contributed by atoms with Crippen molar-refractivity contribution in [2.45, 2.75) is 77.5 Å². The number of amides is 2. The smallest absolute Gasteiger partial charge is 0.417 e. The molecule has 2 atom stereocenters. The van der Waals surface area contributed by atoms with Gasteiger partial charge in [0.15, 0.2) is 0 Å². The number of nitrogens with zero attached hydrogens (tertiary/aromatic N) is 1. The highest BCUT2D eigenvalue weighted by Crippen LogP contribution is 2.34. The Bertz CT molecular complexity index is 700. The standard InChI is InChI=1S/C21H29NO5/c1-20(2,3)26-18(24)16-12-15(14-10-8-7-9-11-14)13-17(23)22(16)19(25)27-21(4,5)6/h7-11,15-16H,12-13H2,1-6H3/t15-,16+/m0/s1. The van der Waals surface area contributed by atoms with E-state index in [1.807, 2.05) is 30.3 Å². The molecule has 6 heteroatoms. The van der Waals surface area contributed by atoms with Crippen LogP contribution in [0.2, 0.25) is 0 Å². The molecule has 1 aromatic rings. The fourth-order valence-electron chi connectivity index (χ4n) is 3.03. The number of imide groups is 1. The molecule has 27 heavy (non-hydrogen) atoms. The van der Waals surface area contributed by atoms with E-state index in [-0.39, 0.29) is 12.3 Å². The van der Waals surface area contributed by atoms with Gasteiger partial charge in [0, 0.05) is 6.42 Å². The summed E-state index contributed by atoms with van der Waals surface area (Å²) >= 11 is 0. The summed E-state index contributed by atoms with van der Waals surface area (Å²) in [5, 5.41) is 0. The Labute approximate surface area is 160 Å². The summed E-state index contributed by atoms with van der Waals surface area (Å²) < 4.78 is 10.8. The molecule has 1 aliphatic rings. The quantitative estimate of drug-likeness (QED) is 0.730. The van der Waals surface area contributed by atoms with E-state index in [1.165, 1.54) is 0 Å². The van der Waals surface area contributed by atoms with Gasteiger partial charge in [0.2, 0.25) is 5.91 Å². The van der Waals surface area contributed by atoms with Crippen LogP contribution in [0.25, 0.3) is 0 Å². The molecule has 148 valence electrons. The maximum Gasteiger partial charge on any atom is 0.417 e. The molecule has 1 aliphatic heterocycles. The van der Waals surface area contributed by atoms with Gasteiger partial charge in [-0.15, -0.1) is 0 Å². The molecule has 0 aliphatic carbocycles. The molecular weight excluding hydrogens is 346 g/mol. The summed E-state index contributed by atoms with van der Waals surface area (Å²) in [6.07, 6.45) is -0.359. The van der Waals surface area contributed by atoms with E-state index in [1.54, 1.807) is 41.5 Å². The Balaban J connectivity index is 2.32. The van der Waals surface area contributed by atoms with Gasteiger partial charge in [-0.3, -0.25) is 4.79 Å². The van der Waals surface area contributed by atoms with Gasteiger partial charge in [-0.05, 0) is 59.4 Å². The SMILES string of the molecule is CC(C)(C)OC(=O)[C@H]1C[C@H](c2ccccc2)CC(=O)N1C(=O)OC(C)(C)C. The third-order valence-corrected chi connectivity index (χ3v) is 4.05. The highest BCUT2D eigenvalue weighted by atomic mass is 16.6. The van der Waals surface area contributed by atoms with Crippen LogP contribution in [0.3, 0.4) is 0 Å². The average Bonchev–Trinajstić information content (AvgIpc) is 2.51. The minimum absolute atomic E-state index is 0.141. The third kappa shape index (κ3) is 5.81. The molecule has 0 aromatic heterocycles. The molecule has 0 saturated carbocycles. The number of carbonyl (C=O) groups excluding carboxylic acids is 3. The normalized spacial score (nSPS) is 21.0. The van der Waals surface area contributed by atoms with Gasteiger partial charge in [-0.1, -0.05) is 30.3 Å². The van der Waals surface area contributed by atoms with Crippen LogP contribution in [0, 0.1) is 0 Å². The van der Waals surface area contributed by atoms with E-state index < -0.39 is 35.2 Å². The molecule has 0 unspecified atom stereocenters. The minimum Gasteiger partial charge on any atom is -0.458 e. The zero-order valence-corrected chi connectivity index (χ0v) is 16.9. The molecule has 1 aromatic carbocycles. The number of benzene rings is 1. The molecule has 0 radical (unpaired) electrons. The Hall–Kier alpha value is -2.37. The van der Waals surface area contributed by atoms with Crippen molar-refractivity contribution < 1.29 is 23.9 Å². The second kappa shape index (κ2) is 7.71. The zero-order valence-electron chi connectivity index (χ0n) is 16.9. The lowest BCUT2D eigenvalue weighted by molar-refractivity contribution is -0.166. The maximum atomic E-state index is 12.8. The highest BCUT2D eigenvalue weighted by Gasteiger charge is 2.45. The first-order valence-corrected chi connectivity index (χ1v) is 9.20. The van der Waals surface area contributed by atoms with E-state index in [2.05, 4.69) is 0 Å². The van der Waals surface area contributed by atoms with Crippen LogP contribution in [0.4, 0.5) is 4.79 Å². The van der Waals surface area contributed by atoms with Crippen molar-refractivity contribution in [1.82, 2.24) is 4.90 Å². The molecule has 2 rings (SSSR count). The first-order valence-electron chi connectivity index (χ1n) is 9.20. The Morgan fingerprint density at radius 3 is 2.04 bits per heavy atom. The van der Waals surface area contributed by atoms with Gasteiger partial charge in [0.05, 0.1) is 0 Å². The van der Waals surface area contributed by atoms with Crippen LogP contribution in [0.5, 0.6) is 0 Å². The lowest BCUT2D eigenvalue weighted by Crippen LogP contribution is -2.55. The van der Waals surface area contributed by atoms with Gasteiger partial charge >= 0.3 is 12.1 Å². The van der Waals surface area contributed by atoms with Gasteiger partial charge in [-0.2, -0.15) is 0 Å². The summed E-state index contributed by atoms with van der Waals surface area (Å²) in [5.74, 6) is -1.18. The van der Waals surface area contributed by atoms with Crippen molar-refractivity contribution >= 4 is 18.0 Å². The summed E-state index contributed by atoms with van der Waals surface area (Å²) in [6.45, 7) is 10.4. The Morgan fingerprint density at radius 1 is 0.963 bits per heavy atom. The molecular formula is C21H29NO5. The number of rotatable bonds is 2. The summed E-state index contributed by atoms with van der Waals surface area (Å²) in [7, 11) is 0. The molecule has 0 N–H and O–H groups in total. The Kier molecular flexibility index (Phi) is 5.97. The topological polar surface area (TPSA) is 72.9 Å². The third-order valence-electron chi connectivity index (χ3n) is 4.05. The van der Waals surface area contributed by atoms with E-state index in [9.17, 15) is 14.4 Å². The maximum absolute atomic E-state index is 12.8. The van der Waals surface area contributed by atoms with E-state index in [0.717, 1.165) is 10.5 Å². The lowest BCUT2D eigenvalue weighted by atomic mass is 9.85. The van der Waals surface area contributed by atoms with Crippen molar-refractivity contribution in [1.29, 1.82) is 0 Å². The summed E-state index contributed by atoms with van der Waals surface area (Å²) in [5.41, 5.74) is -0.533. The van der Waals surface area contributed by atoms with Crippen LogP contribution >= 0.6 is 0 Å². The molecule has 0 bridgehead atoms. The lowest BCUT2D eigenvalue weighted by Gasteiger charge is -2.38. The number of hydrogen-bond acceptors (Lipinski definition) is 5. The predicted molar refractivity (Wildman–Crippen MR) is 101 cm³/mol. The number of piperidine rings is 1. The first kappa shape index (κ1) is 20.9. The van der Waals surface area contributed by atoms with Crippen molar-refractivity contribution in [3.05, 3.63) is 35.9 Å². The minimum atomic E-state index is -1.01. The molecule has 1 fully saturated rings. The van der Waals surface area contributed by atoms with E-state index in [4.69, 9.17) is 9.47 Å². The fraction of sp³-hybridized carbons (Fsp3) is 0.571. The number of ether oxygens (including phenoxy) is 2. The second-order valence-corrected chi connectivity index (χ2v) is 8.84. The van der Waals surface area contributed by atoms with E-state index in [0.29, 0.717) is 6.42 Å². The number of hydrogen-bond donors (Lipinski definition) is 0. The second-order valence-electron chi connectivity index (χ2n) is 8.84.